The maximum absolute atomic E-state index is 6.22. The van der Waals surface area contributed by atoms with E-state index in [1.165, 1.54) is 22.5 Å². The normalized spacial score (nSPS) is 16.7. The Kier molecular flexibility index (Phi) is 5.51. The lowest BCUT2D eigenvalue weighted by Crippen LogP contribution is -2.27. The molecule has 0 aromatic heterocycles. The Labute approximate surface area is 137 Å². The highest BCUT2D eigenvalue weighted by Crippen LogP contribution is 2.36. The van der Waals surface area contributed by atoms with Gasteiger partial charge in [0.05, 0.1) is 0 Å². The molecule has 21 heavy (non-hydrogen) atoms. The molecule has 3 rings (SSSR count). The van der Waals surface area contributed by atoms with Crippen molar-refractivity contribution < 1.29 is 0 Å². The van der Waals surface area contributed by atoms with Gasteiger partial charge in [0.15, 0.2) is 0 Å². The molecule has 0 unspecified atom stereocenters. The van der Waals surface area contributed by atoms with E-state index in [1.54, 1.807) is 0 Å². The first kappa shape index (κ1) is 16.2. The zero-order valence-electron chi connectivity index (χ0n) is 11.9. The molecule has 1 aliphatic heterocycles. The molecule has 0 saturated carbocycles. The second-order valence-corrected chi connectivity index (χ2v) is 5.62. The van der Waals surface area contributed by atoms with Crippen LogP contribution in [0.5, 0.6) is 0 Å². The second-order valence-electron chi connectivity index (χ2n) is 5.18. The van der Waals surface area contributed by atoms with Gasteiger partial charge in [-0.3, -0.25) is 0 Å². The van der Waals surface area contributed by atoms with Gasteiger partial charge in [-0.1, -0.05) is 42.0 Å². The molecule has 0 spiro atoms. The molecule has 0 bridgehead atoms. The van der Waals surface area contributed by atoms with Crippen LogP contribution < -0.4 is 10.6 Å². The summed E-state index contributed by atoms with van der Waals surface area (Å²) in [7, 11) is 0. The van der Waals surface area contributed by atoms with Gasteiger partial charge in [0.2, 0.25) is 0 Å². The number of anilines is 1. The standard InChI is InChI=1S/C17H19ClN2.ClH/c18-15-9-8-14-7-6-13-4-1-2-5-16(13)20(11-3-10-19)17(14)12-15;/h1-2,4-5,7,9,12H,3,6,8,10-11,19H2;1H. The summed E-state index contributed by atoms with van der Waals surface area (Å²) in [6.45, 7) is 1.63. The maximum Gasteiger partial charge on any atom is 0.0458 e. The van der Waals surface area contributed by atoms with Crippen LogP contribution in [0.3, 0.4) is 0 Å². The number of hydrogen-bond donors (Lipinski definition) is 1. The van der Waals surface area contributed by atoms with Gasteiger partial charge in [-0.15, -0.1) is 12.4 Å². The fourth-order valence-corrected chi connectivity index (χ4v) is 3.01. The summed E-state index contributed by atoms with van der Waals surface area (Å²) in [4.78, 5) is 2.37. The Morgan fingerprint density at radius 1 is 1.14 bits per heavy atom. The lowest BCUT2D eigenvalue weighted by atomic mass is 10.0. The number of nitrogens with zero attached hydrogens (tertiary/aromatic N) is 1. The lowest BCUT2D eigenvalue weighted by molar-refractivity contribution is 0.793. The summed E-state index contributed by atoms with van der Waals surface area (Å²) in [5.74, 6) is 0. The average molecular weight is 323 g/mol. The van der Waals surface area contributed by atoms with Crippen LogP contribution in [-0.2, 0) is 6.42 Å². The van der Waals surface area contributed by atoms with E-state index in [0.29, 0.717) is 6.54 Å². The Hall–Kier alpha value is -1.22. The van der Waals surface area contributed by atoms with E-state index < -0.39 is 0 Å². The zero-order valence-corrected chi connectivity index (χ0v) is 13.5. The lowest BCUT2D eigenvalue weighted by Gasteiger charge is -2.30. The molecule has 2 nitrogen and oxygen atoms in total. The number of fused-ring (bicyclic) bond motifs is 2. The van der Waals surface area contributed by atoms with Crippen molar-refractivity contribution in [2.75, 3.05) is 18.0 Å². The molecule has 0 atom stereocenters. The quantitative estimate of drug-likeness (QED) is 0.905. The number of nitrogens with two attached hydrogens (primary N) is 1. The van der Waals surface area contributed by atoms with Gasteiger partial charge in [0.1, 0.15) is 0 Å². The first-order valence-corrected chi connectivity index (χ1v) is 7.49. The van der Waals surface area contributed by atoms with Crippen LogP contribution in [0.25, 0.3) is 0 Å². The number of allylic oxidation sites excluding steroid dienone is 5. The number of rotatable bonds is 3. The van der Waals surface area contributed by atoms with Crippen molar-refractivity contribution in [2.24, 2.45) is 5.73 Å². The molecule has 2 N–H and O–H groups in total. The highest BCUT2D eigenvalue weighted by atomic mass is 35.5. The van der Waals surface area contributed by atoms with Gasteiger partial charge in [0.25, 0.3) is 0 Å². The van der Waals surface area contributed by atoms with Gasteiger partial charge >= 0.3 is 0 Å². The summed E-state index contributed by atoms with van der Waals surface area (Å²) in [6, 6.07) is 8.59. The van der Waals surface area contributed by atoms with E-state index >= 15 is 0 Å². The van der Waals surface area contributed by atoms with Gasteiger partial charge in [-0.2, -0.15) is 0 Å². The number of para-hydroxylation sites is 1. The molecule has 1 aliphatic carbocycles. The smallest absolute Gasteiger partial charge is 0.0458 e. The molecular formula is C17H20Cl2N2. The van der Waals surface area contributed by atoms with Crippen molar-refractivity contribution in [3.8, 4) is 0 Å². The summed E-state index contributed by atoms with van der Waals surface area (Å²) in [6.07, 6.45) is 9.35. The second kappa shape index (κ2) is 7.17. The van der Waals surface area contributed by atoms with Crippen LogP contribution in [-0.4, -0.2) is 13.1 Å². The zero-order chi connectivity index (χ0) is 13.9. The molecule has 0 amide bonds. The largest absolute Gasteiger partial charge is 0.341 e. The van der Waals surface area contributed by atoms with Crippen molar-refractivity contribution in [2.45, 2.75) is 19.3 Å². The molecule has 112 valence electrons. The first-order valence-electron chi connectivity index (χ1n) is 7.12. The Balaban J connectivity index is 0.00000161. The summed E-state index contributed by atoms with van der Waals surface area (Å²) >= 11 is 6.22. The summed E-state index contributed by atoms with van der Waals surface area (Å²) in [5, 5.41) is 0.828. The molecule has 2 aliphatic rings. The van der Waals surface area contributed by atoms with Crippen molar-refractivity contribution >= 4 is 29.7 Å². The predicted octanol–water partition coefficient (Wildman–Crippen LogP) is 4.16. The Bertz CT molecular complexity index is 603. The molecule has 0 fully saturated rings. The third-order valence-electron chi connectivity index (χ3n) is 3.85. The highest BCUT2D eigenvalue weighted by Gasteiger charge is 2.22. The van der Waals surface area contributed by atoms with Crippen molar-refractivity contribution in [1.82, 2.24) is 0 Å². The van der Waals surface area contributed by atoms with E-state index in [9.17, 15) is 0 Å². The van der Waals surface area contributed by atoms with Crippen LogP contribution in [0.1, 0.15) is 18.4 Å². The molecular weight excluding hydrogens is 303 g/mol. The minimum absolute atomic E-state index is 0. The third kappa shape index (κ3) is 3.34. The topological polar surface area (TPSA) is 29.3 Å². The van der Waals surface area contributed by atoms with E-state index in [-0.39, 0.29) is 12.4 Å². The Morgan fingerprint density at radius 3 is 2.76 bits per heavy atom. The number of hydrogen-bond acceptors (Lipinski definition) is 2. The number of halogens is 2. The van der Waals surface area contributed by atoms with Crippen LogP contribution in [0.2, 0.25) is 0 Å². The average Bonchev–Trinajstić information content (AvgIpc) is 2.62. The third-order valence-corrected chi connectivity index (χ3v) is 4.11. The highest BCUT2D eigenvalue weighted by molar-refractivity contribution is 6.31. The molecule has 1 aromatic rings. The van der Waals surface area contributed by atoms with Crippen LogP contribution >= 0.6 is 24.0 Å². The van der Waals surface area contributed by atoms with Crippen LogP contribution in [0.4, 0.5) is 5.69 Å². The van der Waals surface area contributed by atoms with E-state index in [4.69, 9.17) is 17.3 Å². The molecule has 1 heterocycles. The SMILES string of the molecule is Cl.NCCCN1C2=CC(Cl)=CCC2=CCc2ccccc21. The predicted molar refractivity (Wildman–Crippen MR) is 93.1 cm³/mol. The fourth-order valence-electron chi connectivity index (χ4n) is 2.83. The molecule has 0 radical (unpaired) electrons. The molecule has 4 heteroatoms. The minimum atomic E-state index is 0. The number of benzene rings is 1. The van der Waals surface area contributed by atoms with E-state index in [0.717, 1.165) is 30.8 Å². The van der Waals surface area contributed by atoms with Gasteiger partial charge in [-0.05, 0) is 49.1 Å². The van der Waals surface area contributed by atoms with E-state index in [2.05, 4.69) is 47.4 Å². The van der Waals surface area contributed by atoms with E-state index in [1.807, 2.05) is 0 Å². The van der Waals surface area contributed by atoms with Crippen LogP contribution in [0.15, 0.2) is 58.8 Å². The molecule has 0 saturated heterocycles. The Morgan fingerprint density at radius 2 is 1.95 bits per heavy atom. The van der Waals surface area contributed by atoms with Crippen molar-refractivity contribution in [1.29, 1.82) is 0 Å². The summed E-state index contributed by atoms with van der Waals surface area (Å²) in [5.41, 5.74) is 10.9. The van der Waals surface area contributed by atoms with Crippen LogP contribution in [0, 0.1) is 0 Å². The maximum atomic E-state index is 6.22. The van der Waals surface area contributed by atoms with Gasteiger partial charge in [-0.25, -0.2) is 0 Å². The minimum Gasteiger partial charge on any atom is -0.341 e. The van der Waals surface area contributed by atoms with Gasteiger partial charge in [0, 0.05) is 23.0 Å². The van der Waals surface area contributed by atoms with Crippen molar-refractivity contribution in [3.05, 3.63) is 64.4 Å². The van der Waals surface area contributed by atoms with Gasteiger partial charge < -0.3 is 10.6 Å². The summed E-state index contributed by atoms with van der Waals surface area (Å²) < 4.78 is 0. The fraction of sp³-hybridized carbons (Fsp3) is 0.294. The first-order chi connectivity index (χ1) is 9.79. The molecule has 1 aromatic carbocycles. The monoisotopic (exact) mass is 322 g/mol. The van der Waals surface area contributed by atoms with Crippen molar-refractivity contribution in [3.63, 3.8) is 0 Å².